The fourth-order valence-corrected chi connectivity index (χ4v) is 9.37. The Balaban J connectivity index is 1.70. The Morgan fingerprint density at radius 1 is 0.756 bits per heavy atom. The molecule has 2 aromatic heterocycles. The van der Waals surface area contributed by atoms with E-state index in [1.54, 1.807) is 32.9 Å². The number of anilines is 2. The quantitative estimate of drug-likeness (QED) is 0.167. The molecule has 2 atom stereocenters. The average Bonchev–Trinajstić information content (AvgIpc) is 3.62. The van der Waals surface area contributed by atoms with E-state index >= 15 is 0 Å². The van der Waals surface area contributed by atoms with E-state index in [0.29, 0.717) is 11.1 Å². The van der Waals surface area contributed by atoms with Gasteiger partial charge in [0.2, 0.25) is 22.1 Å². The van der Waals surface area contributed by atoms with Crippen LogP contribution in [0.1, 0.15) is 39.9 Å². The highest BCUT2D eigenvalue weighted by atomic mass is 35.5. The molecule has 0 aliphatic heterocycles. The normalized spacial score (nSPS) is 13.1. The lowest BCUT2D eigenvalue weighted by atomic mass is 9.91. The summed E-state index contributed by atoms with van der Waals surface area (Å²) in [6.07, 6.45) is 0. The van der Waals surface area contributed by atoms with Crippen molar-refractivity contribution in [3.63, 3.8) is 0 Å². The molecule has 4 aromatic rings. The topological polar surface area (TPSA) is 202 Å². The Labute approximate surface area is 277 Å². The van der Waals surface area contributed by atoms with Crippen molar-refractivity contribution in [2.45, 2.75) is 42.4 Å². The average molecular weight is 734 g/mol. The first-order chi connectivity index (χ1) is 21.2. The highest BCUT2D eigenvalue weighted by molar-refractivity contribution is 7.93. The maximum Gasteiger partial charge on any atom is 0.264 e. The second-order valence-corrected chi connectivity index (χ2v) is 15.4. The van der Waals surface area contributed by atoms with E-state index in [1.165, 1.54) is 31.3 Å². The van der Waals surface area contributed by atoms with Crippen LogP contribution in [-0.4, -0.2) is 62.6 Å². The molecule has 20 heteroatoms. The molecule has 4 N–H and O–H groups in total. The van der Waals surface area contributed by atoms with Gasteiger partial charge < -0.3 is 10.6 Å². The highest BCUT2D eigenvalue weighted by Crippen LogP contribution is 2.39. The zero-order valence-electron chi connectivity index (χ0n) is 24.0. The zero-order chi connectivity index (χ0) is 33.1. The number of halogens is 2. The maximum atomic E-state index is 13.4. The summed E-state index contributed by atoms with van der Waals surface area (Å²) in [6.45, 7) is 4.97. The molecule has 240 valence electrons. The molecule has 2 aromatic carbocycles. The Kier molecular flexibility index (Phi) is 10.7. The first-order valence-corrected chi connectivity index (χ1v) is 18.3. The van der Waals surface area contributed by atoms with Gasteiger partial charge in [-0.2, -0.15) is 0 Å². The predicted molar refractivity (Wildman–Crippen MR) is 172 cm³/mol. The van der Waals surface area contributed by atoms with E-state index in [-0.39, 0.29) is 46.7 Å². The molecule has 0 spiro atoms. The predicted octanol–water partition coefficient (Wildman–Crippen LogP) is 3.66. The summed E-state index contributed by atoms with van der Waals surface area (Å²) in [5.41, 5.74) is 0.647. The number of benzene rings is 2. The molecule has 0 aliphatic carbocycles. The largest absolute Gasteiger partial charge is 0.359 e. The molecule has 2 unspecified atom stereocenters. The Morgan fingerprint density at radius 3 is 1.58 bits per heavy atom. The van der Waals surface area contributed by atoms with Crippen LogP contribution >= 0.6 is 45.9 Å². The van der Waals surface area contributed by atoms with Gasteiger partial charge in [-0.1, -0.05) is 58.0 Å². The molecule has 2 heterocycles. The fourth-order valence-electron chi connectivity index (χ4n) is 4.15. The van der Waals surface area contributed by atoms with E-state index in [4.69, 9.17) is 23.2 Å². The molecule has 0 aliphatic rings. The zero-order valence-corrected chi connectivity index (χ0v) is 28.7. The molecule has 0 radical (unpaired) electrons. The lowest BCUT2D eigenvalue weighted by Crippen LogP contribution is -2.38. The molecule has 0 bridgehead atoms. The van der Waals surface area contributed by atoms with Crippen molar-refractivity contribution >= 4 is 88.0 Å². The highest BCUT2D eigenvalue weighted by Gasteiger charge is 2.41. The lowest BCUT2D eigenvalue weighted by molar-refractivity contribution is -0.129. The summed E-state index contributed by atoms with van der Waals surface area (Å²) >= 11 is 13.7. The minimum Gasteiger partial charge on any atom is -0.359 e. The van der Waals surface area contributed by atoms with Crippen LogP contribution in [0.3, 0.4) is 0 Å². The van der Waals surface area contributed by atoms with Crippen LogP contribution in [0, 0.1) is 13.8 Å². The molecule has 0 saturated heterocycles. The van der Waals surface area contributed by atoms with Gasteiger partial charge in [-0.3, -0.25) is 19.0 Å². The third-order valence-corrected chi connectivity index (χ3v) is 12.3. The molecule has 2 amide bonds. The van der Waals surface area contributed by atoms with Gasteiger partial charge in [0, 0.05) is 23.6 Å². The van der Waals surface area contributed by atoms with Gasteiger partial charge in [0.15, 0.2) is 0 Å². The standard InChI is InChI=1S/C25H26Cl2N8O6S4/c1-5-29-21(37)19(23-31-33-25(43-23)35-45(40,41)17-11-7-9-15(27)13(17)3)18(20(36)28-4)22-30-32-24(42-22)34-44(38,39)16-10-6-8-14(26)12(16)2/h6-11,18-19H,5H2,1-4H3,(H,28,36)(H,29,37)(H,32,34)(H,33,35). The number of hydrogen-bond donors (Lipinski definition) is 4. The summed E-state index contributed by atoms with van der Waals surface area (Å²) in [6, 6.07) is 8.83. The van der Waals surface area contributed by atoms with E-state index in [2.05, 4.69) is 40.5 Å². The van der Waals surface area contributed by atoms with Crippen molar-refractivity contribution in [3.8, 4) is 0 Å². The molecular weight excluding hydrogens is 707 g/mol. The van der Waals surface area contributed by atoms with E-state index < -0.39 is 43.7 Å². The summed E-state index contributed by atoms with van der Waals surface area (Å²) in [7, 11) is -6.94. The van der Waals surface area contributed by atoms with Gasteiger partial charge in [-0.05, 0) is 56.2 Å². The van der Waals surface area contributed by atoms with Crippen molar-refractivity contribution in [1.29, 1.82) is 0 Å². The number of likely N-dealkylation sites (N-methyl/N-ethyl adjacent to an activating group) is 2. The van der Waals surface area contributed by atoms with Gasteiger partial charge >= 0.3 is 0 Å². The van der Waals surface area contributed by atoms with E-state index in [9.17, 15) is 26.4 Å². The number of carbonyl (C=O) groups excluding carboxylic acids is 2. The summed E-state index contributed by atoms with van der Waals surface area (Å²) < 4.78 is 57.1. The van der Waals surface area contributed by atoms with Gasteiger partial charge in [0.1, 0.15) is 21.9 Å². The molecule has 0 saturated carbocycles. The van der Waals surface area contributed by atoms with Gasteiger partial charge in [-0.25, -0.2) is 16.8 Å². The second-order valence-electron chi connectivity index (χ2n) is 9.29. The number of sulfonamides is 2. The van der Waals surface area contributed by atoms with Crippen LogP contribution in [0.2, 0.25) is 10.0 Å². The number of nitrogens with one attached hydrogen (secondary N) is 4. The third kappa shape index (κ3) is 7.53. The SMILES string of the molecule is CCNC(=O)C(c1nnc(NS(=O)(=O)c2cccc(Cl)c2C)s1)C(C(=O)NC)c1nnc(NS(=O)(=O)c2cccc(Cl)c2C)s1. The van der Waals surface area contributed by atoms with Crippen molar-refractivity contribution in [1.82, 2.24) is 31.0 Å². The van der Waals surface area contributed by atoms with Gasteiger partial charge in [0.25, 0.3) is 20.0 Å². The first-order valence-electron chi connectivity index (χ1n) is 12.9. The number of carbonyl (C=O) groups is 2. The Morgan fingerprint density at radius 2 is 1.18 bits per heavy atom. The van der Waals surface area contributed by atoms with Crippen molar-refractivity contribution in [2.75, 3.05) is 23.0 Å². The van der Waals surface area contributed by atoms with Crippen molar-refractivity contribution in [2.24, 2.45) is 0 Å². The summed E-state index contributed by atoms with van der Waals surface area (Å²) in [4.78, 5) is 26.5. The molecular formula is C25H26Cl2N8O6S4. The summed E-state index contributed by atoms with van der Waals surface area (Å²) in [5.74, 6) is -3.98. The van der Waals surface area contributed by atoms with Crippen molar-refractivity contribution in [3.05, 3.63) is 67.6 Å². The van der Waals surface area contributed by atoms with Crippen molar-refractivity contribution < 1.29 is 26.4 Å². The minimum absolute atomic E-state index is 0.0121. The lowest BCUT2D eigenvalue weighted by Gasteiger charge is -2.21. The van der Waals surface area contributed by atoms with Crippen LogP contribution in [-0.2, 0) is 29.6 Å². The maximum absolute atomic E-state index is 13.4. The molecule has 0 fully saturated rings. The molecule has 4 rings (SSSR count). The fraction of sp³-hybridized carbons (Fsp3) is 0.280. The van der Waals surface area contributed by atoms with Crippen LogP contribution in [0.15, 0.2) is 46.2 Å². The Bertz CT molecular complexity index is 1970. The van der Waals surface area contributed by atoms with E-state index in [0.717, 1.165) is 22.7 Å². The molecule has 14 nitrogen and oxygen atoms in total. The van der Waals surface area contributed by atoms with Crippen LogP contribution in [0.5, 0.6) is 0 Å². The first kappa shape index (κ1) is 34.5. The number of hydrogen-bond acceptors (Lipinski definition) is 12. The second kappa shape index (κ2) is 13.9. The van der Waals surface area contributed by atoms with Crippen LogP contribution < -0.4 is 20.1 Å². The van der Waals surface area contributed by atoms with E-state index in [1.807, 2.05) is 0 Å². The van der Waals surface area contributed by atoms with Crippen LogP contribution in [0.25, 0.3) is 0 Å². The van der Waals surface area contributed by atoms with Gasteiger partial charge in [0.05, 0.1) is 9.79 Å². The van der Waals surface area contributed by atoms with Crippen LogP contribution in [0.4, 0.5) is 10.3 Å². The summed E-state index contributed by atoms with van der Waals surface area (Å²) in [5, 5.41) is 21.1. The third-order valence-electron chi connectivity index (χ3n) is 6.37. The Hall–Kier alpha value is -3.42. The number of nitrogens with zero attached hydrogens (tertiary/aromatic N) is 4. The molecule has 45 heavy (non-hydrogen) atoms. The van der Waals surface area contributed by atoms with Gasteiger partial charge in [-0.15, -0.1) is 20.4 Å². The smallest absolute Gasteiger partial charge is 0.264 e. The monoisotopic (exact) mass is 732 g/mol. The minimum atomic E-state index is -4.15. The number of amides is 2. The number of rotatable bonds is 12. The number of aromatic nitrogens is 4.